The lowest BCUT2D eigenvalue weighted by atomic mass is 9.98. The average molecular weight is 411 g/mol. The van der Waals surface area contributed by atoms with Gasteiger partial charge in [0, 0.05) is 29.4 Å². The summed E-state index contributed by atoms with van der Waals surface area (Å²) in [6.45, 7) is 5.31. The molecule has 2 heterocycles. The van der Waals surface area contributed by atoms with E-state index in [-0.39, 0.29) is 11.9 Å². The van der Waals surface area contributed by atoms with Crippen molar-refractivity contribution in [3.05, 3.63) is 64.5 Å². The fourth-order valence-electron chi connectivity index (χ4n) is 3.59. The Labute approximate surface area is 174 Å². The predicted octanol–water partition coefficient (Wildman–Crippen LogP) is 5.42. The first-order valence-corrected chi connectivity index (χ1v) is 10.1. The van der Waals surface area contributed by atoms with Crippen molar-refractivity contribution in [1.29, 1.82) is 0 Å². The zero-order chi connectivity index (χ0) is 20.4. The van der Waals surface area contributed by atoms with Crippen molar-refractivity contribution in [3.8, 4) is 11.4 Å². The first-order chi connectivity index (χ1) is 14.0. The molecule has 2 aromatic carbocycles. The van der Waals surface area contributed by atoms with Crippen LogP contribution < -0.4 is 5.32 Å². The van der Waals surface area contributed by atoms with E-state index in [1.807, 2.05) is 49.1 Å². The minimum atomic E-state index is -0.0991. The largest absolute Gasteiger partial charge is 0.339 e. The highest BCUT2D eigenvalue weighted by Crippen LogP contribution is 2.29. The first kappa shape index (κ1) is 19.5. The Hall–Kier alpha value is -2.86. The Morgan fingerprint density at radius 1 is 1.24 bits per heavy atom. The van der Waals surface area contributed by atoms with Crippen LogP contribution in [0.4, 0.5) is 10.5 Å². The summed E-state index contributed by atoms with van der Waals surface area (Å²) in [7, 11) is 0. The van der Waals surface area contributed by atoms with Crippen LogP contribution in [0.1, 0.15) is 35.8 Å². The Morgan fingerprint density at radius 3 is 2.90 bits per heavy atom. The molecule has 1 aromatic heterocycles. The molecule has 4 rings (SSSR count). The number of piperidine rings is 1. The van der Waals surface area contributed by atoms with Gasteiger partial charge in [0.1, 0.15) is 0 Å². The number of likely N-dealkylation sites (tertiary alicyclic amines) is 1. The van der Waals surface area contributed by atoms with E-state index in [1.54, 1.807) is 12.1 Å². The number of anilines is 1. The Bertz CT molecular complexity index is 1030. The van der Waals surface area contributed by atoms with Gasteiger partial charge >= 0.3 is 6.03 Å². The van der Waals surface area contributed by atoms with Crippen LogP contribution >= 0.6 is 11.6 Å². The normalized spacial score (nSPS) is 16.7. The van der Waals surface area contributed by atoms with Crippen LogP contribution in [0.15, 0.2) is 47.0 Å². The molecule has 0 spiro atoms. The summed E-state index contributed by atoms with van der Waals surface area (Å²) in [6.07, 6.45) is 1.80. The van der Waals surface area contributed by atoms with Crippen LogP contribution in [0.3, 0.4) is 0 Å². The van der Waals surface area contributed by atoms with Crippen LogP contribution in [0.25, 0.3) is 11.4 Å². The molecule has 2 amide bonds. The third-order valence-corrected chi connectivity index (χ3v) is 5.66. The predicted molar refractivity (Wildman–Crippen MR) is 113 cm³/mol. The van der Waals surface area contributed by atoms with Crippen molar-refractivity contribution in [2.24, 2.45) is 0 Å². The summed E-state index contributed by atoms with van der Waals surface area (Å²) in [5.74, 6) is 1.09. The molecule has 1 atom stereocenters. The maximum atomic E-state index is 12.8. The fourth-order valence-corrected chi connectivity index (χ4v) is 3.78. The number of amides is 2. The minimum Gasteiger partial charge on any atom is -0.339 e. The maximum Gasteiger partial charge on any atom is 0.321 e. The molecule has 6 nitrogen and oxygen atoms in total. The molecule has 7 heteroatoms. The van der Waals surface area contributed by atoms with Gasteiger partial charge in [-0.3, -0.25) is 0 Å². The van der Waals surface area contributed by atoms with Crippen LogP contribution in [0.2, 0.25) is 5.02 Å². The van der Waals surface area contributed by atoms with Crippen LogP contribution in [0.5, 0.6) is 0 Å². The van der Waals surface area contributed by atoms with E-state index in [9.17, 15) is 4.79 Å². The van der Waals surface area contributed by atoms with E-state index in [0.717, 1.165) is 35.2 Å². The highest BCUT2D eigenvalue weighted by Gasteiger charge is 2.29. The number of hydrogen-bond donors (Lipinski definition) is 1. The molecule has 1 N–H and O–H groups in total. The zero-order valence-corrected chi connectivity index (χ0v) is 17.2. The van der Waals surface area contributed by atoms with Crippen molar-refractivity contribution in [1.82, 2.24) is 15.0 Å². The van der Waals surface area contributed by atoms with E-state index < -0.39 is 0 Å². The summed E-state index contributed by atoms with van der Waals surface area (Å²) in [5, 5.41) is 7.76. The van der Waals surface area contributed by atoms with Gasteiger partial charge in [-0.15, -0.1) is 0 Å². The number of rotatable bonds is 3. The highest BCUT2D eigenvalue weighted by molar-refractivity contribution is 6.30. The fraction of sp³-hybridized carbons (Fsp3) is 0.318. The Balaban J connectivity index is 1.46. The van der Waals surface area contributed by atoms with E-state index in [2.05, 4.69) is 15.5 Å². The van der Waals surface area contributed by atoms with Gasteiger partial charge in [-0.25, -0.2) is 4.79 Å². The summed E-state index contributed by atoms with van der Waals surface area (Å²) >= 11 is 6.05. The van der Waals surface area contributed by atoms with Gasteiger partial charge in [0.2, 0.25) is 11.7 Å². The van der Waals surface area contributed by atoms with Crippen molar-refractivity contribution in [2.45, 2.75) is 32.6 Å². The van der Waals surface area contributed by atoms with Crippen LogP contribution in [-0.4, -0.2) is 34.2 Å². The molecular formula is C22H23ClN4O2. The van der Waals surface area contributed by atoms with Gasteiger partial charge in [-0.1, -0.05) is 41.0 Å². The van der Waals surface area contributed by atoms with Gasteiger partial charge in [-0.2, -0.15) is 4.98 Å². The summed E-state index contributed by atoms with van der Waals surface area (Å²) in [4.78, 5) is 19.2. The smallest absolute Gasteiger partial charge is 0.321 e. The number of halogens is 1. The molecular weight excluding hydrogens is 388 g/mol. The SMILES string of the molecule is Cc1cccc(NC(=O)N2CCC[C@H](c3nc(-c4cccc(Cl)c4)no3)C2)c1C. The molecule has 1 aliphatic rings. The molecule has 0 unspecified atom stereocenters. The number of nitrogens with one attached hydrogen (secondary N) is 1. The number of nitrogens with zero attached hydrogens (tertiary/aromatic N) is 3. The second-order valence-electron chi connectivity index (χ2n) is 7.43. The lowest BCUT2D eigenvalue weighted by Gasteiger charge is -2.31. The van der Waals surface area contributed by atoms with Gasteiger partial charge < -0.3 is 14.7 Å². The molecule has 0 radical (unpaired) electrons. The molecule has 0 bridgehead atoms. The quantitative estimate of drug-likeness (QED) is 0.625. The highest BCUT2D eigenvalue weighted by atomic mass is 35.5. The lowest BCUT2D eigenvalue weighted by Crippen LogP contribution is -2.41. The van der Waals surface area contributed by atoms with Crippen molar-refractivity contribution >= 4 is 23.3 Å². The van der Waals surface area contributed by atoms with Gasteiger partial charge in [0.15, 0.2) is 0 Å². The van der Waals surface area contributed by atoms with E-state index in [1.165, 1.54) is 0 Å². The molecule has 1 aliphatic heterocycles. The van der Waals surface area contributed by atoms with Crippen molar-refractivity contribution in [3.63, 3.8) is 0 Å². The summed E-state index contributed by atoms with van der Waals surface area (Å²) < 4.78 is 5.52. The molecule has 150 valence electrons. The topological polar surface area (TPSA) is 71.3 Å². The Kier molecular flexibility index (Phi) is 5.53. The Morgan fingerprint density at radius 2 is 2.07 bits per heavy atom. The number of carbonyl (C=O) groups is 1. The second kappa shape index (κ2) is 8.25. The first-order valence-electron chi connectivity index (χ1n) is 9.73. The minimum absolute atomic E-state index is 0.0218. The number of hydrogen-bond acceptors (Lipinski definition) is 4. The zero-order valence-electron chi connectivity index (χ0n) is 16.5. The lowest BCUT2D eigenvalue weighted by molar-refractivity contribution is 0.184. The monoisotopic (exact) mass is 410 g/mol. The third-order valence-electron chi connectivity index (χ3n) is 5.43. The molecule has 29 heavy (non-hydrogen) atoms. The average Bonchev–Trinajstić information content (AvgIpc) is 3.22. The number of benzene rings is 2. The maximum absolute atomic E-state index is 12.8. The molecule has 1 saturated heterocycles. The second-order valence-corrected chi connectivity index (χ2v) is 7.87. The number of carbonyl (C=O) groups excluding carboxylic acids is 1. The number of aromatic nitrogens is 2. The number of urea groups is 1. The van der Waals surface area contributed by atoms with Crippen LogP contribution in [-0.2, 0) is 0 Å². The van der Waals surface area contributed by atoms with E-state index in [4.69, 9.17) is 16.1 Å². The number of aryl methyl sites for hydroxylation is 1. The van der Waals surface area contributed by atoms with Gasteiger partial charge in [0.25, 0.3) is 0 Å². The summed E-state index contributed by atoms with van der Waals surface area (Å²) in [6, 6.07) is 13.2. The van der Waals surface area contributed by atoms with Gasteiger partial charge in [-0.05, 0) is 56.0 Å². The molecule has 0 saturated carbocycles. The van der Waals surface area contributed by atoms with Crippen molar-refractivity contribution in [2.75, 3.05) is 18.4 Å². The summed E-state index contributed by atoms with van der Waals surface area (Å²) in [5.41, 5.74) is 3.89. The third kappa shape index (κ3) is 4.27. The van der Waals surface area contributed by atoms with E-state index >= 15 is 0 Å². The van der Waals surface area contributed by atoms with Crippen molar-refractivity contribution < 1.29 is 9.32 Å². The van der Waals surface area contributed by atoms with Gasteiger partial charge in [0.05, 0.1) is 5.92 Å². The molecule has 1 fully saturated rings. The molecule has 0 aliphatic carbocycles. The molecule has 3 aromatic rings. The standard InChI is InChI=1S/C22H23ClN4O2/c1-14-6-3-10-19(15(14)2)24-22(28)27-11-5-8-17(13-27)21-25-20(26-29-21)16-7-4-9-18(23)12-16/h3-4,6-7,9-10,12,17H,5,8,11,13H2,1-2H3,(H,24,28)/t17-/m0/s1. The van der Waals surface area contributed by atoms with E-state index in [0.29, 0.717) is 29.8 Å². The van der Waals surface area contributed by atoms with Crippen LogP contribution in [0, 0.1) is 13.8 Å².